The number of aromatic nitrogens is 1. The van der Waals surface area contributed by atoms with Gasteiger partial charge in [-0.15, -0.1) is 11.3 Å². The molecular formula is C8H13NO2S. The van der Waals surface area contributed by atoms with Gasteiger partial charge < -0.3 is 9.84 Å². The van der Waals surface area contributed by atoms with Crippen LogP contribution in [0.1, 0.15) is 11.4 Å². The number of rotatable bonds is 5. The Morgan fingerprint density at radius 3 is 3.17 bits per heavy atom. The molecule has 0 aliphatic carbocycles. The SMILES string of the molecule is COCCC(O)Cc1nccs1. The molecule has 1 unspecified atom stereocenters. The van der Waals surface area contributed by atoms with Gasteiger partial charge in [-0.3, -0.25) is 0 Å². The number of methoxy groups -OCH3 is 1. The largest absolute Gasteiger partial charge is 0.393 e. The van der Waals surface area contributed by atoms with Crippen LogP contribution >= 0.6 is 11.3 Å². The molecule has 0 aliphatic rings. The highest BCUT2D eigenvalue weighted by Crippen LogP contribution is 2.08. The molecule has 0 spiro atoms. The molecular weight excluding hydrogens is 174 g/mol. The van der Waals surface area contributed by atoms with Gasteiger partial charge in [0.1, 0.15) is 0 Å². The third-order valence-corrected chi connectivity index (χ3v) is 2.35. The van der Waals surface area contributed by atoms with E-state index in [1.807, 2.05) is 5.38 Å². The van der Waals surface area contributed by atoms with E-state index in [1.54, 1.807) is 24.6 Å². The van der Waals surface area contributed by atoms with E-state index < -0.39 is 0 Å². The number of nitrogens with zero attached hydrogens (tertiary/aromatic N) is 1. The highest BCUT2D eigenvalue weighted by atomic mass is 32.1. The molecule has 3 nitrogen and oxygen atoms in total. The molecule has 0 aromatic carbocycles. The lowest BCUT2D eigenvalue weighted by Crippen LogP contribution is -2.12. The molecule has 1 aromatic rings. The number of aliphatic hydroxyl groups is 1. The molecule has 0 saturated heterocycles. The first-order valence-corrected chi connectivity index (χ1v) is 4.76. The van der Waals surface area contributed by atoms with Crippen molar-refractivity contribution < 1.29 is 9.84 Å². The van der Waals surface area contributed by atoms with E-state index >= 15 is 0 Å². The van der Waals surface area contributed by atoms with E-state index in [1.165, 1.54) is 0 Å². The fourth-order valence-electron chi connectivity index (χ4n) is 0.911. The first kappa shape index (κ1) is 9.64. The molecule has 0 aliphatic heterocycles. The fourth-order valence-corrected chi connectivity index (χ4v) is 1.60. The van der Waals surface area contributed by atoms with Gasteiger partial charge in [0.2, 0.25) is 0 Å². The van der Waals surface area contributed by atoms with Crippen LogP contribution < -0.4 is 0 Å². The Balaban J connectivity index is 2.22. The summed E-state index contributed by atoms with van der Waals surface area (Å²) in [5, 5.41) is 12.3. The summed E-state index contributed by atoms with van der Waals surface area (Å²) in [6.07, 6.45) is 2.75. The van der Waals surface area contributed by atoms with E-state index in [9.17, 15) is 5.11 Å². The van der Waals surface area contributed by atoms with E-state index in [-0.39, 0.29) is 6.10 Å². The number of hydrogen-bond acceptors (Lipinski definition) is 4. The highest BCUT2D eigenvalue weighted by molar-refractivity contribution is 7.09. The summed E-state index contributed by atoms with van der Waals surface area (Å²) >= 11 is 1.57. The monoisotopic (exact) mass is 187 g/mol. The fraction of sp³-hybridized carbons (Fsp3) is 0.625. The van der Waals surface area contributed by atoms with Crippen LogP contribution in [0.15, 0.2) is 11.6 Å². The Morgan fingerprint density at radius 1 is 1.75 bits per heavy atom. The average Bonchev–Trinajstić information content (AvgIpc) is 2.53. The van der Waals surface area contributed by atoms with Gasteiger partial charge >= 0.3 is 0 Å². The summed E-state index contributed by atoms with van der Waals surface area (Å²) in [7, 11) is 1.64. The first-order chi connectivity index (χ1) is 5.83. The van der Waals surface area contributed by atoms with Crippen LogP contribution in [0.3, 0.4) is 0 Å². The Kier molecular flexibility index (Phi) is 4.21. The Morgan fingerprint density at radius 2 is 2.58 bits per heavy atom. The van der Waals surface area contributed by atoms with Gasteiger partial charge in [0.25, 0.3) is 0 Å². The van der Waals surface area contributed by atoms with Crippen molar-refractivity contribution in [2.75, 3.05) is 13.7 Å². The maximum Gasteiger partial charge on any atom is 0.0950 e. The summed E-state index contributed by atoms with van der Waals surface area (Å²) in [6.45, 7) is 0.604. The van der Waals surface area contributed by atoms with Crippen molar-refractivity contribution in [2.45, 2.75) is 18.9 Å². The summed E-state index contributed by atoms with van der Waals surface area (Å²) in [6, 6.07) is 0. The zero-order valence-electron chi connectivity index (χ0n) is 7.06. The van der Waals surface area contributed by atoms with Gasteiger partial charge in [-0.2, -0.15) is 0 Å². The average molecular weight is 187 g/mol. The Bertz CT molecular complexity index is 201. The smallest absolute Gasteiger partial charge is 0.0950 e. The summed E-state index contributed by atoms with van der Waals surface area (Å²) in [4.78, 5) is 4.08. The van der Waals surface area contributed by atoms with E-state index in [2.05, 4.69) is 4.98 Å². The molecule has 0 amide bonds. The van der Waals surface area contributed by atoms with E-state index in [4.69, 9.17) is 4.74 Å². The third kappa shape index (κ3) is 3.30. The van der Waals surface area contributed by atoms with Crippen molar-refractivity contribution in [3.05, 3.63) is 16.6 Å². The molecule has 68 valence electrons. The predicted molar refractivity (Wildman–Crippen MR) is 48.3 cm³/mol. The number of thiazole rings is 1. The van der Waals surface area contributed by atoms with Crippen LogP contribution in [0.4, 0.5) is 0 Å². The topological polar surface area (TPSA) is 42.4 Å². The highest BCUT2D eigenvalue weighted by Gasteiger charge is 2.06. The molecule has 0 bridgehead atoms. The second-order valence-corrected chi connectivity index (χ2v) is 3.54. The second-order valence-electron chi connectivity index (χ2n) is 2.57. The summed E-state index contributed by atoms with van der Waals surface area (Å²) in [5.41, 5.74) is 0. The van der Waals surface area contributed by atoms with Gasteiger partial charge in [0.15, 0.2) is 0 Å². The van der Waals surface area contributed by atoms with Gasteiger partial charge in [0.05, 0.1) is 11.1 Å². The number of aliphatic hydroxyl groups excluding tert-OH is 1. The minimum absolute atomic E-state index is 0.323. The van der Waals surface area contributed by atoms with Crippen molar-refractivity contribution in [1.82, 2.24) is 4.98 Å². The maximum absolute atomic E-state index is 9.44. The molecule has 12 heavy (non-hydrogen) atoms. The van der Waals surface area contributed by atoms with Crippen LogP contribution in [-0.2, 0) is 11.2 Å². The number of ether oxygens (including phenoxy) is 1. The molecule has 0 fully saturated rings. The Hall–Kier alpha value is -0.450. The lowest BCUT2D eigenvalue weighted by atomic mass is 10.2. The zero-order valence-corrected chi connectivity index (χ0v) is 7.88. The van der Waals surface area contributed by atoms with Crippen LogP contribution in [0, 0.1) is 0 Å². The second kappa shape index (κ2) is 5.24. The summed E-state index contributed by atoms with van der Waals surface area (Å²) < 4.78 is 4.85. The van der Waals surface area contributed by atoms with Gasteiger partial charge in [-0.25, -0.2) is 4.98 Å². The van der Waals surface area contributed by atoms with Crippen molar-refractivity contribution in [3.63, 3.8) is 0 Å². The van der Waals surface area contributed by atoms with Gasteiger partial charge in [-0.1, -0.05) is 0 Å². The maximum atomic E-state index is 9.44. The van der Waals surface area contributed by atoms with Crippen molar-refractivity contribution >= 4 is 11.3 Å². The molecule has 1 aromatic heterocycles. The summed E-state index contributed by atoms with van der Waals surface area (Å²) in [5.74, 6) is 0. The van der Waals surface area contributed by atoms with Crippen molar-refractivity contribution in [1.29, 1.82) is 0 Å². The van der Waals surface area contributed by atoms with Gasteiger partial charge in [0, 0.05) is 31.7 Å². The first-order valence-electron chi connectivity index (χ1n) is 3.88. The van der Waals surface area contributed by atoms with E-state index in [0.29, 0.717) is 19.4 Å². The lowest BCUT2D eigenvalue weighted by Gasteiger charge is -2.06. The molecule has 1 rings (SSSR count). The normalized spacial score (nSPS) is 13.2. The Labute approximate surface area is 76.0 Å². The van der Waals surface area contributed by atoms with Crippen LogP contribution in [0.5, 0.6) is 0 Å². The quantitative estimate of drug-likeness (QED) is 0.750. The minimum atomic E-state index is -0.323. The standard InChI is InChI=1S/C8H13NO2S/c1-11-4-2-7(10)6-8-9-3-5-12-8/h3,5,7,10H,2,4,6H2,1H3. The zero-order chi connectivity index (χ0) is 8.81. The van der Waals surface area contributed by atoms with E-state index in [0.717, 1.165) is 5.01 Å². The molecule has 1 atom stereocenters. The molecule has 0 saturated carbocycles. The predicted octanol–water partition coefficient (Wildman–Crippen LogP) is 1.08. The minimum Gasteiger partial charge on any atom is -0.393 e. The van der Waals surface area contributed by atoms with Crippen molar-refractivity contribution in [3.8, 4) is 0 Å². The number of hydrogen-bond donors (Lipinski definition) is 1. The lowest BCUT2D eigenvalue weighted by molar-refractivity contribution is 0.110. The van der Waals surface area contributed by atoms with Crippen LogP contribution in [-0.4, -0.2) is 29.9 Å². The third-order valence-electron chi connectivity index (χ3n) is 1.55. The van der Waals surface area contributed by atoms with Gasteiger partial charge in [-0.05, 0) is 6.42 Å². The van der Waals surface area contributed by atoms with Crippen molar-refractivity contribution in [2.24, 2.45) is 0 Å². The van der Waals surface area contributed by atoms with Crippen LogP contribution in [0.2, 0.25) is 0 Å². The van der Waals surface area contributed by atoms with Crippen LogP contribution in [0.25, 0.3) is 0 Å². The molecule has 1 N–H and O–H groups in total. The molecule has 1 heterocycles. The molecule has 4 heteroatoms. The molecule has 0 radical (unpaired) electrons.